The highest BCUT2D eigenvalue weighted by Crippen LogP contribution is 2.37. The molecule has 4 N–H and O–H groups in total. The molecule has 30 heavy (non-hydrogen) atoms. The molecular formula is C25H25N3O2. The number of ether oxygens (including phenoxy) is 2. The molecule has 0 spiro atoms. The minimum Gasteiger partial charge on any atom is -0.489 e. The van der Waals surface area contributed by atoms with Gasteiger partial charge in [0.05, 0.1) is 0 Å². The summed E-state index contributed by atoms with van der Waals surface area (Å²) in [4.78, 5) is 0. The van der Waals surface area contributed by atoms with Crippen LogP contribution >= 0.6 is 0 Å². The molecule has 1 heterocycles. The van der Waals surface area contributed by atoms with Crippen LogP contribution in [0.2, 0.25) is 0 Å². The van der Waals surface area contributed by atoms with Crippen molar-refractivity contribution < 1.29 is 9.47 Å². The summed E-state index contributed by atoms with van der Waals surface area (Å²) in [7, 11) is 0. The fraction of sp³-hybridized carbons (Fsp3) is 0.160. The first-order valence-corrected chi connectivity index (χ1v) is 9.96. The third-order valence-corrected chi connectivity index (χ3v) is 5.06. The van der Waals surface area contributed by atoms with Gasteiger partial charge in [0.2, 0.25) is 0 Å². The van der Waals surface area contributed by atoms with E-state index in [-0.39, 0.29) is 0 Å². The summed E-state index contributed by atoms with van der Waals surface area (Å²) in [6, 6.07) is 20.4. The van der Waals surface area contributed by atoms with Gasteiger partial charge in [-0.05, 0) is 52.6 Å². The Kier molecular flexibility index (Phi) is 6.11. The third-order valence-electron chi connectivity index (χ3n) is 5.06. The van der Waals surface area contributed by atoms with Crippen molar-refractivity contribution in [2.45, 2.75) is 19.6 Å². The number of para-hydroxylation sites is 1. The Morgan fingerprint density at radius 1 is 1.03 bits per heavy atom. The van der Waals surface area contributed by atoms with Gasteiger partial charge in [-0.3, -0.25) is 0 Å². The van der Waals surface area contributed by atoms with Crippen molar-refractivity contribution in [2.24, 2.45) is 16.7 Å². The molecule has 0 bridgehead atoms. The maximum Gasteiger partial charge on any atom is 0.134 e. The molecule has 0 aromatic heterocycles. The number of hydrogen-bond acceptors (Lipinski definition) is 5. The molecule has 0 fully saturated rings. The predicted molar refractivity (Wildman–Crippen MR) is 121 cm³/mol. The van der Waals surface area contributed by atoms with Crippen molar-refractivity contribution in [1.29, 1.82) is 0 Å². The second-order valence-electron chi connectivity index (χ2n) is 7.11. The first-order chi connectivity index (χ1) is 14.8. The number of fused-ring (bicyclic) bond motifs is 1. The van der Waals surface area contributed by atoms with E-state index in [9.17, 15) is 0 Å². The first kappa shape index (κ1) is 19.7. The van der Waals surface area contributed by atoms with Gasteiger partial charge >= 0.3 is 0 Å². The van der Waals surface area contributed by atoms with Crippen LogP contribution in [-0.2, 0) is 19.6 Å². The number of hydrazone groups is 1. The summed E-state index contributed by atoms with van der Waals surface area (Å²) in [6.45, 7) is 1.52. The Labute approximate surface area is 176 Å². The van der Waals surface area contributed by atoms with Gasteiger partial charge < -0.3 is 21.1 Å². The molecule has 4 rings (SSSR count). The number of rotatable bonds is 7. The summed E-state index contributed by atoms with van der Waals surface area (Å²) < 4.78 is 12.1. The van der Waals surface area contributed by atoms with E-state index in [1.165, 1.54) is 0 Å². The Morgan fingerprint density at radius 2 is 1.93 bits per heavy atom. The van der Waals surface area contributed by atoms with Gasteiger partial charge in [-0.25, -0.2) is 0 Å². The van der Waals surface area contributed by atoms with Crippen LogP contribution in [0.1, 0.15) is 22.3 Å². The summed E-state index contributed by atoms with van der Waals surface area (Å²) >= 11 is 0. The van der Waals surface area contributed by atoms with Gasteiger partial charge in [0.15, 0.2) is 0 Å². The Balaban J connectivity index is 1.66. The average Bonchev–Trinajstić information content (AvgIpc) is 2.81. The number of hydrogen-bond donors (Lipinski definition) is 2. The second-order valence-corrected chi connectivity index (χ2v) is 7.11. The molecule has 3 aromatic rings. The zero-order chi connectivity index (χ0) is 20.8. The van der Waals surface area contributed by atoms with Gasteiger partial charge in [0, 0.05) is 30.3 Å². The van der Waals surface area contributed by atoms with Crippen LogP contribution in [0.25, 0.3) is 17.2 Å². The lowest BCUT2D eigenvalue weighted by Gasteiger charge is -2.19. The highest BCUT2D eigenvalue weighted by Gasteiger charge is 2.16. The number of nitrogens with zero attached hydrogens (tertiary/aromatic N) is 1. The molecule has 1 aliphatic heterocycles. The monoisotopic (exact) mass is 399 g/mol. The molecule has 0 saturated carbocycles. The van der Waals surface area contributed by atoms with Gasteiger partial charge in [-0.15, -0.1) is 0 Å². The zero-order valence-corrected chi connectivity index (χ0v) is 16.8. The van der Waals surface area contributed by atoms with Crippen molar-refractivity contribution in [3.05, 3.63) is 89.0 Å². The Hall–Kier alpha value is -3.57. The lowest BCUT2D eigenvalue weighted by atomic mass is 9.96. The smallest absolute Gasteiger partial charge is 0.134 e. The van der Waals surface area contributed by atoms with Gasteiger partial charge in [0.1, 0.15) is 24.7 Å². The van der Waals surface area contributed by atoms with Crippen LogP contribution < -0.4 is 21.1 Å². The third kappa shape index (κ3) is 4.36. The molecule has 0 radical (unpaired) electrons. The molecule has 0 amide bonds. The van der Waals surface area contributed by atoms with Crippen LogP contribution in [0.15, 0.2) is 71.8 Å². The fourth-order valence-electron chi connectivity index (χ4n) is 3.59. The van der Waals surface area contributed by atoms with Crippen LogP contribution in [0.5, 0.6) is 11.5 Å². The molecular weight excluding hydrogens is 374 g/mol. The predicted octanol–water partition coefficient (Wildman–Crippen LogP) is 4.28. The quantitative estimate of drug-likeness (QED) is 0.353. The summed E-state index contributed by atoms with van der Waals surface area (Å²) in [6.07, 6.45) is 6.43. The van der Waals surface area contributed by atoms with Crippen LogP contribution in [0, 0.1) is 0 Å². The fourth-order valence-corrected chi connectivity index (χ4v) is 3.59. The van der Waals surface area contributed by atoms with Crippen molar-refractivity contribution in [3.8, 4) is 22.6 Å². The van der Waals surface area contributed by atoms with E-state index in [0.29, 0.717) is 26.2 Å². The topological polar surface area (TPSA) is 82.9 Å². The highest BCUT2D eigenvalue weighted by molar-refractivity contribution is 5.78. The molecule has 1 aliphatic rings. The second kappa shape index (κ2) is 9.29. The van der Waals surface area contributed by atoms with Crippen LogP contribution in [-0.4, -0.2) is 12.8 Å². The zero-order valence-electron chi connectivity index (χ0n) is 16.8. The molecule has 3 aromatic carbocycles. The lowest BCUT2D eigenvalue weighted by molar-refractivity contribution is 0.303. The first-order valence-electron chi connectivity index (χ1n) is 9.96. The average molecular weight is 399 g/mol. The van der Waals surface area contributed by atoms with Crippen molar-refractivity contribution >= 4 is 12.3 Å². The van der Waals surface area contributed by atoms with Crippen LogP contribution in [0.3, 0.4) is 0 Å². The molecule has 0 aliphatic carbocycles. The summed E-state index contributed by atoms with van der Waals surface area (Å²) in [5.41, 5.74) is 12.2. The molecule has 0 saturated heterocycles. The number of nitrogens with two attached hydrogens (primary N) is 2. The van der Waals surface area contributed by atoms with Gasteiger partial charge in [-0.2, -0.15) is 5.10 Å². The van der Waals surface area contributed by atoms with E-state index in [1.807, 2.05) is 42.5 Å². The van der Waals surface area contributed by atoms with Crippen LogP contribution in [0.4, 0.5) is 0 Å². The lowest BCUT2D eigenvalue weighted by Crippen LogP contribution is -2.05. The van der Waals surface area contributed by atoms with Crippen molar-refractivity contribution in [3.63, 3.8) is 0 Å². The van der Waals surface area contributed by atoms with Gasteiger partial charge in [-0.1, -0.05) is 42.5 Å². The van der Waals surface area contributed by atoms with E-state index in [2.05, 4.69) is 35.4 Å². The normalized spacial score (nSPS) is 12.6. The van der Waals surface area contributed by atoms with E-state index in [4.69, 9.17) is 21.1 Å². The van der Waals surface area contributed by atoms with E-state index in [1.54, 1.807) is 6.21 Å². The SMILES string of the molecule is NCc1cccc(-c2cc(COc3ccccc3C/C=N/N)cc3c2OCC=C3)c1. The van der Waals surface area contributed by atoms with E-state index >= 15 is 0 Å². The molecule has 0 atom stereocenters. The number of benzene rings is 3. The molecule has 5 nitrogen and oxygen atoms in total. The largest absolute Gasteiger partial charge is 0.489 e. The summed E-state index contributed by atoms with van der Waals surface area (Å²) in [5, 5.41) is 3.59. The van der Waals surface area contributed by atoms with E-state index in [0.717, 1.165) is 44.9 Å². The van der Waals surface area contributed by atoms with E-state index < -0.39 is 0 Å². The van der Waals surface area contributed by atoms with Crippen molar-refractivity contribution in [1.82, 2.24) is 0 Å². The minimum atomic E-state index is 0.446. The Morgan fingerprint density at radius 3 is 2.80 bits per heavy atom. The molecule has 152 valence electrons. The maximum absolute atomic E-state index is 6.16. The van der Waals surface area contributed by atoms with Crippen molar-refractivity contribution in [2.75, 3.05) is 6.61 Å². The van der Waals surface area contributed by atoms with Gasteiger partial charge in [0.25, 0.3) is 0 Å². The highest BCUT2D eigenvalue weighted by atomic mass is 16.5. The Bertz CT molecular complexity index is 1090. The minimum absolute atomic E-state index is 0.446. The molecule has 0 unspecified atom stereocenters. The molecule has 5 heteroatoms. The standard InChI is InChI=1S/C25H25N3O2/c26-16-18-5-3-7-21(13-18)23-15-19(14-22-8-4-12-29-25(22)23)17-30-24-9-2-1-6-20(24)10-11-28-27/h1-9,11,13-15H,10,12,16-17,26-27H2/b28-11+. The maximum atomic E-state index is 6.16. The summed E-state index contributed by atoms with van der Waals surface area (Å²) in [5.74, 6) is 6.98.